The molecule has 0 radical (unpaired) electrons. The lowest BCUT2D eigenvalue weighted by Gasteiger charge is -2.22. The zero-order valence-corrected chi connectivity index (χ0v) is 19.5. The van der Waals surface area contributed by atoms with Gasteiger partial charge in [-0.2, -0.15) is 0 Å². The average Bonchev–Trinajstić information content (AvgIpc) is 3.37. The van der Waals surface area contributed by atoms with Crippen molar-refractivity contribution >= 4 is 35.1 Å². The van der Waals surface area contributed by atoms with Crippen molar-refractivity contribution in [3.8, 4) is 11.5 Å². The number of fused-ring (bicyclic) bond motifs is 1. The van der Waals surface area contributed by atoms with Gasteiger partial charge < -0.3 is 14.4 Å². The number of carbonyl (C=O) groups excluding carboxylic acids is 4. The fourth-order valence-electron chi connectivity index (χ4n) is 5.22. The van der Waals surface area contributed by atoms with Crippen molar-refractivity contribution in [3.05, 3.63) is 60.7 Å². The van der Waals surface area contributed by atoms with Crippen LogP contribution in [0.3, 0.4) is 0 Å². The second-order valence-corrected chi connectivity index (χ2v) is 9.16. The fourth-order valence-corrected chi connectivity index (χ4v) is 5.22. The van der Waals surface area contributed by atoms with Gasteiger partial charge in [-0.3, -0.25) is 24.1 Å². The second-order valence-electron chi connectivity index (χ2n) is 9.16. The quantitative estimate of drug-likeness (QED) is 0.286. The Labute approximate surface area is 203 Å². The summed E-state index contributed by atoms with van der Waals surface area (Å²) in [6, 6.07) is 13.5. The van der Waals surface area contributed by atoms with Crippen LogP contribution in [0.1, 0.15) is 19.8 Å². The minimum atomic E-state index is -0.620. The third-order valence-corrected chi connectivity index (χ3v) is 7.02. The summed E-state index contributed by atoms with van der Waals surface area (Å²) >= 11 is 0. The Morgan fingerprint density at radius 2 is 1.74 bits per heavy atom. The number of allylic oxidation sites excluding steroid dienone is 2. The highest BCUT2D eigenvalue weighted by atomic mass is 16.5. The first kappa shape index (κ1) is 22.8. The van der Waals surface area contributed by atoms with Crippen molar-refractivity contribution < 1.29 is 28.7 Å². The molecule has 8 nitrogen and oxygen atoms in total. The Morgan fingerprint density at radius 3 is 2.46 bits per heavy atom. The number of para-hydroxylation sites is 2. The predicted octanol–water partition coefficient (Wildman–Crippen LogP) is 3.36. The van der Waals surface area contributed by atoms with Crippen LogP contribution in [-0.4, -0.2) is 37.3 Å². The molecule has 0 aromatic heterocycles. The molecule has 2 fully saturated rings. The molecule has 3 aliphatic rings. The minimum Gasteiger partial charge on any atom is -0.495 e. The van der Waals surface area contributed by atoms with Crippen molar-refractivity contribution in [2.45, 2.75) is 19.8 Å². The summed E-state index contributed by atoms with van der Waals surface area (Å²) in [6.45, 7) is 2.15. The molecule has 0 bridgehead atoms. The van der Waals surface area contributed by atoms with Crippen LogP contribution >= 0.6 is 0 Å². The van der Waals surface area contributed by atoms with Gasteiger partial charge in [0.05, 0.1) is 36.2 Å². The molecule has 0 spiro atoms. The van der Waals surface area contributed by atoms with Crippen LogP contribution in [0.5, 0.6) is 11.5 Å². The number of amides is 3. The Balaban J connectivity index is 1.26. The van der Waals surface area contributed by atoms with Crippen LogP contribution in [0.2, 0.25) is 0 Å². The van der Waals surface area contributed by atoms with E-state index in [4.69, 9.17) is 9.47 Å². The third kappa shape index (κ3) is 3.99. The second kappa shape index (κ2) is 9.02. The molecule has 2 aromatic rings. The first-order valence-corrected chi connectivity index (χ1v) is 11.7. The number of imide groups is 1. The van der Waals surface area contributed by atoms with Gasteiger partial charge in [-0.1, -0.05) is 31.2 Å². The first-order valence-electron chi connectivity index (χ1n) is 11.7. The summed E-state index contributed by atoms with van der Waals surface area (Å²) in [7, 11) is 1.53. The van der Waals surface area contributed by atoms with Gasteiger partial charge in [-0.05, 0) is 48.7 Å². The standard InChI is InChI=1S/C27H26N2O6/c1-16-6-5-7-20-24(16)26(32)29(25(20)31)18-10-12-19(13-11-18)35-27(33)17-14-23(30)28(15-17)21-8-3-4-9-22(21)34-2/h3-6,8-13,16-17,20,24H,7,14-15H2,1-2H3/t16-,17+,20+,24+/m0/s1. The molecule has 5 rings (SSSR count). The van der Waals surface area contributed by atoms with E-state index in [1.54, 1.807) is 42.5 Å². The highest BCUT2D eigenvalue weighted by molar-refractivity contribution is 6.22. The van der Waals surface area contributed by atoms with Crippen LogP contribution in [0, 0.1) is 23.7 Å². The van der Waals surface area contributed by atoms with Gasteiger partial charge in [0, 0.05) is 13.0 Å². The maximum atomic E-state index is 13.0. The van der Waals surface area contributed by atoms with Gasteiger partial charge in [0.1, 0.15) is 11.5 Å². The molecule has 8 heteroatoms. The Bertz CT molecular complexity index is 1220. The largest absolute Gasteiger partial charge is 0.495 e. The SMILES string of the molecule is COc1ccccc1N1C[C@H](C(=O)Oc2ccc(N3C(=O)[C@@H]4[C@@H](C)C=CC[C@H]4C3=O)cc2)CC1=O. The van der Waals surface area contributed by atoms with E-state index >= 15 is 0 Å². The zero-order chi connectivity index (χ0) is 24.7. The van der Waals surface area contributed by atoms with E-state index in [1.807, 2.05) is 25.1 Å². The summed E-state index contributed by atoms with van der Waals surface area (Å²) in [5.41, 5.74) is 1.07. The van der Waals surface area contributed by atoms with Crippen molar-refractivity contribution in [2.75, 3.05) is 23.5 Å². The smallest absolute Gasteiger partial charge is 0.316 e. The highest BCUT2D eigenvalue weighted by Gasteiger charge is 2.50. The molecule has 1 aliphatic carbocycles. The van der Waals surface area contributed by atoms with E-state index < -0.39 is 11.9 Å². The Morgan fingerprint density at radius 1 is 1.00 bits per heavy atom. The molecule has 2 heterocycles. The lowest BCUT2D eigenvalue weighted by molar-refractivity contribution is -0.139. The summed E-state index contributed by atoms with van der Waals surface area (Å²) < 4.78 is 10.9. The fraction of sp³-hybridized carbons (Fsp3) is 0.333. The zero-order valence-electron chi connectivity index (χ0n) is 19.5. The molecule has 4 atom stereocenters. The number of methoxy groups -OCH3 is 1. The number of ether oxygens (including phenoxy) is 2. The molecule has 0 N–H and O–H groups in total. The monoisotopic (exact) mass is 474 g/mol. The van der Waals surface area contributed by atoms with E-state index in [2.05, 4.69) is 0 Å². The summed E-state index contributed by atoms with van der Waals surface area (Å²) in [6.07, 6.45) is 4.56. The molecule has 3 amide bonds. The van der Waals surface area contributed by atoms with Gasteiger partial charge in [-0.15, -0.1) is 0 Å². The van der Waals surface area contributed by atoms with E-state index in [1.165, 1.54) is 16.9 Å². The lowest BCUT2D eigenvalue weighted by atomic mass is 9.78. The highest BCUT2D eigenvalue weighted by Crippen LogP contribution is 2.40. The van der Waals surface area contributed by atoms with E-state index in [0.29, 0.717) is 23.5 Å². The molecule has 0 saturated carbocycles. The molecule has 2 aliphatic heterocycles. The number of benzene rings is 2. The van der Waals surface area contributed by atoms with Gasteiger partial charge in [0.2, 0.25) is 17.7 Å². The lowest BCUT2D eigenvalue weighted by Crippen LogP contribution is -2.31. The average molecular weight is 475 g/mol. The molecular weight excluding hydrogens is 448 g/mol. The number of anilines is 2. The van der Waals surface area contributed by atoms with E-state index in [9.17, 15) is 19.2 Å². The Hall–Kier alpha value is -3.94. The Kier molecular flexibility index (Phi) is 5.88. The van der Waals surface area contributed by atoms with Crippen LogP contribution in [-0.2, 0) is 19.2 Å². The molecule has 180 valence electrons. The predicted molar refractivity (Wildman–Crippen MR) is 128 cm³/mol. The normalized spacial score (nSPS) is 25.7. The van der Waals surface area contributed by atoms with E-state index in [-0.39, 0.29) is 54.2 Å². The van der Waals surface area contributed by atoms with Crippen molar-refractivity contribution in [1.82, 2.24) is 0 Å². The number of hydrogen-bond acceptors (Lipinski definition) is 6. The first-order chi connectivity index (χ1) is 16.9. The summed E-state index contributed by atoms with van der Waals surface area (Å²) in [5, 5.41) is 0. The van der Waals surface area contributed by atoms with Gasteiger partial charge in [-0.25, -0.2) is 0 Å². The third-order valence-electron chi connectivity index (χ3n) is 7.02. The summed E-state index contributed by atoms with van der Waals surface area (Å²) in [4.78, 5) is 54.0. The van der Waals surface area contributed by atoms with Crippen LogP contribution < -0.4 is 19.3 Å². The van der Waals surface area contributed by atoms with Gasteiger partial charge >= 0.3 is 5.97 Å². The van der Waals surface area contributed by atoms with E-state index in [0.717, 1.165) is 0 Å². The number of esters is 1. The molecule has 0 unspecified atom stereocenters. The van der Waals surface area contributed by atoms with Gasteiger partial charge in [0.25, 0.3) is 0 Å². The van der Waals surface area contributed by atoms with Crippen LogP contribution in [0.4, 0.5) is 11.4 Å². The van der Waals surface area contributed by atoms with Crippen molar-refractivity contribution in [2.24, 2.45) is 23.7 Å². The van der Waals surface area contributed by atoms with Crippen LogP contribution in [0.15, 0.2) is 60.7 Å². The van der Waals surface area contributed by atoms with Crippen LogP contribution in [0.25, 0.3) is 0 Å². The maximum Gasteiger partial charge on any atom is 0.316 e. The topological polar surface area (TPSA) is 93.2 Å². The number of nitrogens with zero attached hydrogens (tertiary/aromatic N) is 2. The minimum absolute atomic E-state index is 0.0139. The molecular formula is C27H26N2O6. The summed E-state index contributed by atoms with van der Waals surface area (Å²) in [5.74, 6) is -1.50. The maximum absolute atomic E-state index is 13.0. The molecule has 2 saturated heterocycles. The molecule has 2 aromatic carbocycles. The number of carbonyl (C=O) groups is 4. The van der Waals surface area contributed by atoms with Crippen molar-refractivity contribution in [3.63, 3.8) is 0 Å². The number of hydrogen-bond donors (Lipinski definition) is 0. The van der Waals surface area contributed by atoms with Crippen molar-refractivity contribution in [1.29, 1.82) is 0 Å². The van der Waals surface area contributed by atoms with Gasteiger partial charge in [0.15, 0.2) is 0 Å². The molecule has 35 heavy (non-hydrogen) atoms. The number of rotatable bonds is 5.